The Morgan fingerprint density at radius 1 is 1.00 bits per heavy atom. The third kappa shape index (κ3) is 5.56. The number of carbonyl (C=O) groups excluding carboxylic acids is 2. The highest BCUT2D eigenvalue weighted by atomic mass is 32.2. The monoisotopic (exact) mass is 493 g/mol. The van der Waals surface area contributed by atoms with E-state index in [9.17, 15) is 18.0 Å². The van der Waals surface area contributed by atoms with Crippen LogP contribution in [0.5, 0.6) is 0 Å². The fraction of sp³-hybridized carbons (Fsp3) is 0.364. The van der Waals surface area contributed by atoms with Crippen molar-refractivity contribution in [3.63, 3.8) is 0 Å². The summed E-state index contributed by atoms with van der Waals surface area (Å²) < 4.78 is 49.5. The molecule has 33 heavy (non-hydrogen) atoms. The SMILES string of the molecule is CCS[C@@H]1O[C@H](COC(=O)c2ccccc2)[C@H]2OS(=O)(=O)N[C@@H]1[C@H]2OC(=O)c1ccccc1. The molecule has 0 amide bonds. The van der Waals surface area contributed by atoms with Crippen molar-refractivity contribution in [3.8, 4) is 0 Å². The summed E-state index contributed by atoms with van der Waals surface area (Å²) in [5.41, 5.74) is -0.0211. The van der Waals surface area contributed by atoms with Crippen LogP contribution in [0.2, 0.25) is 0 Å². The molecule has 0 saturated carbocycles. The maximum Gasteiger partial charge on any atom is 0.338 e. The Balaban J connectivity index is 1.57. The van der Waals surface area contributed by atoms with Crippen LogP contribution in [0.25, 0.3) is 0 Å². The summed E-state index contributed by atoms with van der Waals surface area (Å²) in [6, 6.07) is 15.9. The van der Waals surface area contributed by atoms with E-state index in [1.807, 2.05) is 6.92 Å². The minimum atomic E-state index is -4.13. The predicted octanol–water partition coefficient (Wildman–Crippen LogP) is 2.15. The van der Waals surface area contributed by atoms with Gasteiger partial charge < -0.3 is 14.2 Å². The van der Waals surface area contributed by atoms with Gasteiger partial charge in [0.25, 0.3) is 0 Å². The first-order valence-corrected chi connectivity index (χ1v) is 12.8. The Morgan fingerprint density at radius 2 is 1.61 bits per heavy atom. The fourth-order valence-corrected chi connectivity index (χ4v) is 5.89. The zero-order chi connectivity index (χ0) is 23.4. The van der Waals surface area contributed by atoms with E-state index in [1.54, 1.807) is 60.7 Å². The van der Waals surface area contributed by atoms with E-state index in [4.69, 9.17) is 18.4 Å². The standard InChI is InChI=1S/C22H23NO8S2/c1-2-32-22-17-19(30-21(25)15-11-7-4-8-12-15)18(31-33(26,27)23-17)16(29-22)13-28-20(24)14-9-5-3-6-10-14/h3-12,16-19,22-23H,2,13H2,1H3/t16-,17-,18-,19-,22+/m1/s1. The molecule has 0 aliphatic carbocycles. The highest BCUT2D eigenvalue weighted by Crippen LogP contribution is 2.36. The van der Waals surface area contributed by atoms with Crippen LogP contribution in [-0.4, -0.2) is 62.5 Å². The molecule has 0 radical (unpaired) electrons. The Labute approximate surface area is 196 Å². The smallest absolute Gasteiger partial charge is 0.338 e. The van der Waals surface area contributed by atoms with E-state index in [0.717, 1.165) is 0 Å². The van der Waals surface area contributed by atoms with Gasteiger partial charge in [0.1, 0.15) is 24.3 Å². The van der Waals surface area contributed by atoms with Gasteiger partial charge in [0.05, 0.1) is 17.2 Å². The van der Waals surface area contributed by atoms with Gasteiger partial charge in [-0.1, -0.05) is 43.3 Å². The van der Waals surface area contributed by atoms with E-state index in [2.05, 4.69) is 4.72 Å². The first-order valence-electron chi connectivity index (χ1n) is 10.3. The van der Waals surface area contributed by atoms with Crippen LogP contribution in [0, 0.1) is 0 Å². The molecule has 0 aromatic heterocycles. The largest absolute Gasteiger partial charge is 0.459 e. The van der Waals surface area contributed by atoms with Crippen molar-refractivity contribution in [2.75, 3.05) is 12.4 Å². The number of fused-ring (bicyclic) bond motifs is 2. The van der Waals surface area contributed by atoms with E-state index in [1.165, 1.54) is 11.8 Å². The summed E-state index contributed by atoms with van der Waals surface area (Å²) in [4.78, 5) is 25.1. The van der Waals surface area contributed by atoms with Crippen molar-refractivity contribution in [1.82, 2.24) is 4.72 Å². The van der Waals surface area contributed by atoms with Gasteiger partial charge in [-0.15, -0.1) is 11.8 Å². The molecule has 5 atom stereocenters. The molecule has 11 heteroatoms. The topological polar surface area (TPSA) is 117 Å². The van der Waals surface area contributed by atoms with Gasteiger partial charge in [-0.25, -0.2) is 13.8 Å². The molecule has 0 spiro atoms. The van der Waals surface area contributed by atoms with Gasteiger partial charge in [-0.3, -0.25) is 0 Å². The minimum absolute atomic E-state index is 0.277. The van der Waals surface area contributed by atoms with Gasteiger partial charge in [0, 0.05) is 0 Å². The van der Waals surface area contributed by atoms with Crippen LogP contribution in [0.4, 0.5) is 0 Å². The second-order valence-electron chi connectivity index (χ2n) is 7.36. The van der Waals surface area contributed by atoms with Gasteiger partial charge in [-0.05, 0) is 30.0 Å². The van der Waals surface area contributed by atoms with Crippen LogP contribution >= 0.6 is 11.8 Å². The maximum absolute atomic E-state index is 12.7. The molecule has 2 bridgehead atoms. The molecule has 0 unspecified atom stereocenters. The van der Waals surface area contributed by atoms with Crippen LogP contribution < -0.4 is 4.72 Å². The number of hydrogen-bond acceptors (Lipinski definition) is 9. The summed E-state index contributed by atoms with van der Waals surface area (Å²) in [7, 11) is -4.13. The number of ether oxygens (including phenoxy) is 3. The van der Waals surface area contributed by atoms with Crippen molar-refractivity contribution < 1.29 is 36.4 Å². The van der Waals surface area contributed by atoms with Crippen molar-refractivity contribution in [1.29, 1.82) is 0 Å². The molecular weight excluding hydrogens is 470 g/mol. The lowest BCUT2D eigenvalue weighted by atomic mass is 9.98. The van der Waals surface area contributed by atoms with E-state index < -0.39 is 52.0 Å². The highest BCUT2D eigenvalue weighted by molar-refractivity contribution is 7.99. The number of nitrogens with one attached hydrogen (secondary N) is 1. The van der Waals surface area contributed by atoms with E-state index >= 15 is 0 Å². The normalized spacial score (nSPS) is 28.0. The third-order valence-electron chi connectivity index (χ3n) is 5.14. The summed E-state index contributed by atoms with van der Waals surface area (Å²) in [6.07, 6.45) is -3.14. The summed E-state index contributed by atoms with van der Waals surface area (Å²) >= 11 is 1.35. The van der Waals surface area contributed by atoms with Crippen molar-refractivity contribution >= 4 is 34.0 Å². The fourth-order valence-electron chi connectivity index (χ4n) is 3.65. The van der Waals surface area contributed by atoms with Crippen molar-refractivity contribution in [2.24, 2.45) is 0 Å². The Hall–Kier alpha value is -2.44. The maximum atomic E-state index is 12.7. The molecule has 2 aliphatic rings. The molecule has 2 fully saturated rings. The molecular formula is C22H23NO8S2. The number of hydrogen-bond donors (Lipinski definition) is 1. The molecule has 2 saturated heterocycles. The van der Waals surface area contributed by atoms with Crippen molar-refractivity contribution in [2.45, 2.75) is 36.7 Å². The number of esters is 2. The molecule has 2 aromatic carbocycles. The van der Waals surface area contributed by atoms with E-state index in [-0.39, 0.29) is 6.61 Å². The minimum Gasteiger partial charge on any atom is -0.459 e. The Bertz CT molecular complexity index is 1080. The van der Waals surface area contributed by atoms with Gasteiger partial charge in [-0.2, -0.15) is 13.1 Å². The van der Waals surface area contributed by atoms with Crippen LogP contribution in [-0.2, 0) is 28.7 Å². The summed E-state index contributed by atoms with van der Waals surface area (Å²) in [6.45, 7) is 1.62. The lowest BCUT2D eigenvalue weighted by molar-refractivity contribution is -0.170. The number of carbonyl (C=O) groups is 2. The quantitative estimate of drug-likeness (QED) is 0.579. The van der Waals surface area contributed by atoms with E-state index in [0.29, 0.717) is 16.9 Å². The number of benzene rings is 2. The van der Waals surface area contributed by atoms with Crippen molar-refractivity contribution in [3.05, 3.63) is 71.8 Å². The zero-order valence-electron chi connectivity index (χ0n) is 17.7. The summed E-state index contributed by atoms with van der Waals surface area (Å²) in [5, 5.41) is 0. The average Bonchev–Trinajstić information content (AvgIpc) is 2.81. The lowest BCUT2D eigenvalue weighted by Crippen LogP contribution is -2.69. The van der Waals surface area contributed by atoms with Gasteiger partial charge in [0.2, 0.25) is 0 Å². The second-order valence-corrected chi connectivity index (χ2v) is 10.1. The molecule has 4 rings (SSSR count). The molecule has 1 N–H and O–H groups in total. The molecule has 176 valence electrons. The summed E-state index contributed by atoms with van der Waals surface area (Å²) in [5.74, 6) is -0.595. The first kappa shape index (κ1) is 23.7. The number of rotatable bonds is 7. The van der Waals surface area contributed by atoms with Crippen LogP contribution in [0.1, 0.15) is 27.6 Å². The average molecular weight is 494 g/mol. The van der Waals surface area contributed by atoms with Gasteiger partial charge >= 0.3 is 22.2 Å². The molecule has 2 aliphatic heterocycles. The molecule has 2 aromatic rings. The van der Waals surface area contributed by atoms with Crippen LogP contribution in [0.15, 0.2) is 60.7 Å². The highest BCUT2D eigenvalue weighted by Gasteiger charge is 2.55. The second kappa shape index (κ2) is 10.2. The van der Waals surface area contributed by atoms with Crippen LogP contribution in [0.3, 0.4) is 0 Å². The van der Waals surface area contributed by atoms with Gasteiger partial charge in [0.15, 0.2) is 6.10 Å². The number of thioether (sulfide) groups is 1. The third-order valence-corrected chi connectivity index (χ3v) is 7.24. The first-order chi connectivity index (χ1) is 15.9. The Morgan fingerprint density at radius 3 is 2.21 bits per heavy atom. The lowest BCUT2D eigenvalue weighted by Gasteiger charge is -2.47. The zero-order valence-corrected chi connectivity index (χ0v) is 19.3. The predicted molar refractivity (Wildman–Crippen MR) is 120 cm³/mol. The molecule has 9 nitrogen and oxygen atoms in total. The Kier molecular flexibility index (Phi) is 7.35. The molecule has 2 heterocycles.